The fourth-order valence-electron chi connectivity index (χ4n) is 2.56. The maximum Gasteiger partial charge on any atom is 0.251 e. The van der Waals surface area contributed by atoms with Crippen LogP contribution >= 0.6 is 11.6 Å². The summed E-state index contributed by atoms with van der Waals surface area (Å²) in [4.78, 5) is 35.0. The van der Waals surface area contributed by atoms with Crippen LogP contribution in [0.25, 0.3) is 0 Å². The Hall–Kier alpha value is -3.06. The van der Waals surface area contributed by atoms with Crippen molar-refractivity contribution in [1.29, 1.82) is 0 Å². The topological polar surface area (TPSA) is 96.5 Å². The van der Waals surface area contributed by atoms with Crippen LogP contribution in [-0.4, -0.2) is 30.9 Å². The molecule has 0 aliphatic carbocycles. The van der Waals surface area contributed by atoms with Gasteiger partial charge in [0.2, 0.25) is 11.8 Å². The molecule has 0 heterocycles. The van der Waals surface area contributed by atoms with Crippen molar-refractivity contribution in [2.75, 3.05) is 23.8 Å². The number of halogens is 1. The molecule has 0 spiro atoms. The first kappa shape index (κ1) is 22.2. The van der Waals surface area contributed by atoms with E-state index in [9.17, 15) is 14.4 Å². The van der Waals surface area contributed by atoms with Crippen LogP contribution in [0.3, 0.4) is 0 Å². The number of anilines is 2. The quantitative estimate of drug-likeness (QED) is 0.540. The molecule has 0 saturated carbocycles. The Labute approximate surface area is 174 Å². The lowest BCUT2D eigenvalue weighted by molar-refractivity contribution is -0.115. The molecule has 3 N–H and O–H groups in total. The molecule has 29 heavy (non-hydrogen) atoms. The van der Waals surface area contributed by atoms with E-state index in [1.165, 1.54) is 13.8 Å². The summed E-state index contributed by atoms with van der Waals surface area (Å²) < 4.78 is 5.61. The zero-order valence-corrected chi connectivity index (χ0v) is 17.1. The number of benzene rings is 2. The number of rotatable bonds is 9. The molecule has 3 amide bonds. The molecule has 0 atom stereocenters. The van der Waals surface area contributed by atoms with E-state index in [1.807, 2.05) is 0 Å². The van der Waals surface area contributed by atoms with E-state index in [2.05, 4.69) is 16.0 Å². The summed E-state index contributed by atoms with van der Waals surface area (Å²) in [5.74, 6) is -0.0739. The van der Waals surface area contributed by atoms with Gasteiger partial charge < -0.3 is 20.7 Å². The molecule has 2 aromatic rings. The van der Waals surface area contributed by atoms with Gasteiger partial charge in [0.05, 0.1) is 6.61 Å². The van der Waals surface area contributed by atoms with E-state index in [-0.39, 0.29) is 17.7 Å². The summed E-state index contributed by atoms with van der Waals surface area (Å²) in [5, 5.41) is 8.73. The Morgan fingerprint density at radius 1 is 0.897 bits per heavy atom. The minimum atomic E-state index is -0.289. The highest BCUT2D eigenvalue weighted by molar-refractivity contribution is 6.30. The van der Waals surface area contributed by atoms with Crippen molar-refractivity contribution >= 4 is 40.7 Å². The summed E-state index contributed by atoms with van der Waals surface area (Å²) in [6.07, 6.45) is 1.51. The highest BCUT2D eigenvalue weighted by Crippen LogP contribution is 2.19. The van der Waals surface area contributed by atoms with Crippen LogP contribution < -0.4 is 20.7 Å². The van der Waals surface area contributed by atoms with Gasteiger partial charge in [0.15, 0.2) is 0 Å². The second-order valence-electron chi connectivity index (χ2n) is 6.43. The number of carbonyl (C=O) groups is 3. The molecule has 2 rings (SSSR count). The van der Waals surface area contributed by atoms with E-state index in [4.69, 9.17) is 16.3 Å². The summed E-state index contributed by atoms with van der Waals surface area (Å²) in [7, 11) is 0. The fourth-order valence-corrected chi connectivity index (χ4v) is 2.69. The third-order valence-corrected chi connectivity index (χ3v) is 4.03. The first-order valence-corrected chi connectivity index (χ1v) is 9.58. The highest BCUT2D eigenvalue weighted by Gasteiger charge is 2.10. The third-order valence-electron chi connectivity index (χ3n) is 3.77. The monoisotopic (exact) mass is 417 g/mol. The van der Waals surface area contributed by atoms with Crippen LogP contribution in [0, 0.1) is 0 Å². The SMILES string of the molecule is CC(=O)Nc1cc(NC(C)=O)cc(C(=O)NCCCCOc2ccc(Cl)cc2)c1. The van der Waals surface area contributed by atoms with Crippen molar-refractivity contribution in [2.45, 2.75) is 26.7 Å². The van der Waals surface area contributed by atoms with E-state index < -0.39 is 0 Å². The molecule has 154 valence electrons. The summed E-state index contributed by atoms with van der Waals surface area (Å²) >= 11 is 5.83. The third kappa shape index (κ3) is 8.23. The summed E-state index contributed by atoms with van der Waals surface area (Å²) in [6.45, 7) is 3.75. The number of hydrogen-bond donors (Lipinski definition) is 3. The average molecular weight is 418 g/mol. The maximum atomic E-state index is 12.4. The molecule has 8 heteroatoms. The molecule has 0 radical (unpaired) electrons. The van der Waals surface area contributed by atoms with Gasteiger partial charge in [-0.25, -0.2) is 0 Å². The van der Waals surface area contributed by atoms with Crippen molar-refractivity contribution in [1.82, 2.24) is 5.32 Å². The number of amides is 3. The van der Waals surface area contributed by atoms with Crippen LogP contribution in [0.2, 0.25) is 5.02 Å². The zero-order chi connectivity index (χ0) is 21.2. The van der Waals surface area contributed by atoms with Gasteiger partial charge in [0.25, 0.3) is 5.91 Å². The predicted octanol–water partition coefficient (Wildman–Crippen LogP) is 3.85. The Morgan fingerprint density at radius 2 is 1.48 bits per heavy atom. The van der Waals surface area contributed by atoms with Gasteiger partial charge in [-0.3, -0.25) is 14.4 Å². The van der Waals surface area contributed by atoms with E-state index >= 15 is 0 Å². The van der Waals surface area contributed by atoms with Crippen LogP contribution in [0.1, 0.15) is 37.0 Å². The largest absolute Gasteiger partial charge is 0.494 e. The number of nitrogens with one attached hydrogen (secondary N) is 3. The van der Waals surface area contributed by atoms with Crippen molar-refractivity contribution in [2.24, 2.45) is 0 Å². The molecular formula is C21H24ClN3O4. The van der Waals surface area contributed by atoms with E-state index in [0.29, 0.717) is 35.1 Å². The average Bonchev–Trinajstić information content (AvgIpc) is 2.64. The predicted molar refractivity (Wildman–Crippen MR) is 114 cm³/mol. The van der Waals surface area contributed by atoms with Crippen molar-refractivity contribution in [3.05, 3.63) is 53.1 Å². The van der Waals surface area contributed by atoms with Crippen molar-refractivity contribution < 1.29 is 19.1 Å². The zero-order valence-electron chi connectivity index (χ0n) is 16.4. The molecule has 0 saturated heterocycles. The highest BCUT2D eigenvalue weighted by atomic mass is 35.5. The number of unbranched alkanes of at least 4 members (excludes halogenated alkanes) is 1. The first-order valence-electron chi connectivity index (χ1n) is 9.20. The van der Waals surface area contributed by atoms with E-state index in [0.717, 1.165) is 18.6 Å². The standard InChI is InChI=1S/C21H24ClN3O4/c1-14(26)24-18-11-16(12-19(13-18)25-15(2)27)21(28)23-9-3-4-10-29-20-7-5-17(22)6-8-20/h5-8,11-13H,3-4,9-10H2,1-2H3,(H,23,28)(H,24,26)(H,25,27). The smallest absolute Gasteiger partial charge is 0.251 e. The maximum absolute atomic E-state index is 12.4. The molecular weight excluding hydrogens is 394 g/mol. The van der Waals surface area contributed by atoms with Gasteiger partial charge in [-0.1, -0.05) is 11.6 Å². The van der Waals surface area contributed by atoms with E-state index in [1.54, 1.807) is 42.5 Å². The lowest BCUT2D eigenvalue weighted by Gasteiger charge is -2.11. The molecule has 0 aliphatic rings. The van der Waals surface area contributed by atoms with Crippen LogP contribution in [0.15, 0.2) is 42.5 Å². The van der Waals surface area contributed by atoms with Crippen molar-refractivity contribution in [3.63, 3.8) is 0 Å². The Kier molecular flexibility index (Phi) is 8.48. The summed E-state index contributed by atoms with van der Waals surface area (Å²) in [5.41, 5.74) is 1.22. The molecule has 0 fully saturated rings. The summed E-state index contributed by atoms with van der Waals surface area (Å²) in [6, 6.07) is 11.9. The number of hydrogen-bond acceptors (Lipinski definition) is 4. The molecule has 0 bridgehead atoms. The minimum Gasteiger partial charge on any atom is -0.494 e. The second-order valence-corrected chi connectivity index (χ2v) is 6.86. The van der Waals surface area contributed by atoms with Gasteiger partial charge in [-0.15, -0.1) is 0 Å². The normalized spacial score (nSPS) is 10.2. The van der Waals surface area contributed by atoms with Gasteiger partial charge in [0.1, 0.15) is 5.75 Å². The Bertz CT molecular complexity index is 834. The second kappa shape index (κ2) is 11.1. The van der Waals surface area contributed by atoms with Crippen LogP contribution in [0.5, 0.6) is 5.75 Å². The number of carbonyl (C=O) groups excluding carboxylic acids is 3. The van der Waals surface area contributed by atoms with Crippen molar-refractivity contribution in [3.8, 4) is 5.75 Å². The lowest BCUT2D eigenvalue weighted by Crippen LogP contribution is -2.25. The van der Waals surface area contributed by atoms with Gasteiger partial charge in [0, 0.05) is 42.4 Å². The molecule has 7 nitrogen and oxygen atoms in total. The number of ether oxygens (including phenoxy) is 1. The Morgan fingerprint density at radius 3 is 2.03 bits per heavy atom. The molecule has 0 aromatic heterocycles. The minimum absolute atomic E-state index is 0.267. The molecule has 0 unspecified atom stereocenters. The lowest BCUT2D eigenvalue weighted by atomic mass is 10.1. The Balaban J connectivity index is 1.83. The van der Waals surface area contributed by atoms with Crippen LogP contribution in [-0.2, 0) is 9.59 Å². The van der Waals surface area contributed by atoms with Gasteiger partial charge in [-0.05, 0) is 55.3 Å². The van der Waals surface area contributed by atoms with Crippen LogP contribution in [0.4, 0.5) is 11.4 Å². The van der Waals surface area contributed by atoms with Gasteiger partial charge in [-0.2, -0.15) is 0 Å². The molecule has 2 aromatic carbocycles. The van der Waals surface area contributed by atoms with Gasteiger partial charge >= 0.3 is 0 Å². The fraction of sp³-hybridized carbons (Fsp3) is 0.286. The molecule has 0 aliphatic heterocycles. The first-order chi connectivity index (χ1) is 13.8.